The molecule has 2 rings (SSSR count). The molecule has 1 aliphatic heterocycles. The summed E-state index contributed by atoms with van der Waals surface area (Å²) in [5.74, 6) is -0.610. The SMILES string of the molecule is N#C/C(=N/O)C(=O)NC1CCN(Cc2ccccc2)CC1. The van der Waals surface area contributed by atoms with Crippen molar-refractivity contribution in [2.75, 3.05) is 13.1 Å². The molecule has 21 heavy (non-hydrogen) atoms. The van der Waals surface area contributed by atoms with Crippen LogP contribution in [-0.2, 0) is 11.3 Å². The number of benzene rings is 1. The summed E-state index contributed by atoms with van der Waals surface area (Å²) in [6.07, 6.45) is 1.64. The van der Waals surface area contributed by atoms with Crippen LogP contribution in [0.1, 0.15) is 18.4 Å². The summed E-state index contributed by atoms with van der Waals surface area (Å²) in [4.78, 5) is 13.9. The van der Waals surface area contributed by atoms with Crippen LogP contribution in [-0.4, -0.2) is 40.9 Å². The number of carbonyl (C=O) groups excluding carboxylic acids is 1. The molecule has 1 aliphatic rings. The molecule has 1 aromatic rings. The van der Waals surface area contributed by atoms with Gasteiger partial charge < -0.3 is 10.5 Å². The smallest absolute Gasteiger partial charge is 0.284 e. The van der Waals surface area contributed by atoms with E-state index in [-0.39, 0.29) is 6.04 Å². The van der Waals surface area contributed by atoms with Crippen LogP contribution in [0.5, 0.6) is 0 Å². The van der Waals surface area contributed by atoms with E-state index in [1.54, 1.807) is 6.07 Å². The van der Waals surface area contributed by atoms with Crippen LogP contribution in [0.4, 0.5) is 0 Å². The normalized spacial score (nSPS) is 17.2. The zero-order chi connectivity index (χ0) is 15.1. The molecule has 1 amide bonds. The van der Waals surface area contributed by atoms with Gasteiger partial charge in [0, 0.05) is 25.7 Å². The molecule has 6 heteroatoms. The van der Waals surface area contributed by atoms with Gasteiger partial charge in [0.2, 0.25) is 5.71 Å². The van der Waals surface area contributed by atoms with Crippen molar-refractivity contribution in [3.63, 3.8) is 0 Å². The number of nitriles is 1. The first-order chi connectivity index (χ1) is 10.2. The lowest BCUT2D eigenvalue weighted by molar-refractivity contribution is -0.115. The first-order valence-electron chi connectivity index (χ1n) is 6.92. The fraction of sp³-hybridized carbons (Fsp3) is 0.400. The van der Waals surface area contributed by atoms with Gasteiger partial charge in [-0.15, -0.1) is 0 Å². The highest BCUT2D eigenvalue weighted by Crippen LogP contribution is 2.13. The minimum absolute atomic E-state index is 0.0228. The minimum atomic E-state index is -0.610. The summed E-state index contributed by atoms with van der Waals surface area (Å²) < 4.78 is 0. The van der Waals surface area contributed by atoms with E-state index in [0.717, 1.165) is 32.5 Å². The van der Waals surface area contributed by atoms with Crippen molar-refractivity contribution in [2.24, 2.45) is 5.16 Å². The first-order valence-corrected chi connectivity index (χ1v) is 6.92. The number of nitrogens with one attached hydrogen (secondary N) is 1. The highest BCUT2D eigenvalue weighted by molar-refractivity contribution is 6.45. The lowest BCUT2D eigenvalue weighted by Gasteiger charge is -2.32. The molecule has 110 valence electrons. The fourth-order valence-corrected chi connectivity index (χ4v) is 2.45. The number of hydrogen-bond donors (Lipinski definition) is 2. The minimum Gasteiger partial charge on any atom is -0.410 e. The largest absolute Gasteiger partial charge is 0.410 e. The van der Waals surface area contributed by atoms with Crippen LogP contribution >= 0.6 is 0 Å². The quantitative estimate of drug-likeness (QED) is 0.493. The van der Waals surface area contributed by atoms with Crippen molar-refractivity contribution in [3.8, 4) is 6.07 Å². The van der Waals surface area contributed by atoms with Crippen LogP contribution in [0.15, 0.2) is 35.5 Å². The van der Waals surface area contributed by atoms with Crippen molar-refractivity contribution in [1.82, 2.24) is 10.2 Å². The van der Waals surface area contributed by atoms with Crippen molar-refractivity contribution in [3.05, 3.63) is 35.9 Å². The molecule has 2 N–H and O–H groups in total. The van der Waals surface area contributed by atoms with Crippen molar-refractivity contribution in [1.29, 1.82) is 5.26 Å². The van der Waals surface area contributed by atoms with Gasteiger partial charge in [-0.2, -0.15) is 5.26 Å². The molecule has 1 heterocycles. The maximum absolute atomic E-state index is 11.6. The maximum atomic E-state index is 11.6. The van der Waals surface area contributed by atoms with E-state index >= 15 is 0 Å². The van der Waals surface area contributed by atoms with Gasteiger partial charge in [0.25, 0.3) is 5.91 Å². The molecule has 0 bridgehead atoms. The third-order valence-corrected chi connectivity index (χ3v) is 3.59. The predicted molar refractivity (Wildman–Crippen MR) is 77.7 cm³/mol. The second kappa shape index (κ2) is 7.41. The van der Waals surface area contributed by atoms with Crippen molar-refractivity contribution in [2.45, 2.75) is 25.4 Å². The number of hydrogen-bond acceptors (Lipinski definition) is 5. The topological polar surface area (TPSA) is 88.7 Å². The molecule has 0 saturated carbocycles. The molecule has 0 spiro atoms. The van der Waals surface area contributed by atoms with Gasteiger partial charge in [0.1, 0.15) is 6.07 Å². The summed E-state index contributed by atoms with van der Waals surface area (Å²) in [5.41, 5.74) is 0.779. The first kappa shape index (κ1) is 15.0. The highest BCUT2D eigenvalue weighted by Gasteiger charge is 2.22. The molecule has 0 aromatic heterocycles. The Morgan fingerprint density at radius 1 is 1.38 bits per heavy atom. The third kappa shape index (κ3) is 4.29. The van der Waals surface area contributed by atoms with E-state index in [4.69, 9.17) is 10.5 Å². The molecule has 0 aliphatic carbocycles. The zero-order valence-corrected chi connectivity index (χ0v) is 11.7. The van der Waals surface area contributed by atoms with Gasteiger partial charge in [-0.3, -0.25) is 9.69 Å². The van der Waals surface area contributed by atoms with Crippen LogP contribution < -0.4 is 5.32 Å². The Labute approximate surface area is 123 Å². The van der Waals surface area contributed by atoms with Crippen LogP contribution in [0.2, 0.25) is 0 Å². The van der Waals surface area contributed by atoms with Crippen LogP contribution in [0.25, 0.3) is 0 Å². The molecular formula is C15H18N4O2. The van der Waals surface area contributed by atoms with E-state index in [9.17, 15) is 4.79 Å². The average Bonchev–Trinajstić information content (AvgIpc) is 2.51. The Bertz CT molecular complexity index is 543. The van der Waals surface area contributed by atoms with E-state index < -0.39 is 11.6 Å². The molecule has 0 atom stereocenters. The Morgan fingerprint density at radius 3 is 2.62 bits per heavy atom. The van der Waals surface area contributed by atoms with Crippen LogP contribution in [0, 0.1) is 11.3 Å². The number of oxime groups is 1. The fourth-order valence-electron chi connectivity index (χ4n) is 2.45. The van der Waals surface area contributed by atoms with Crippen LogP contribution in [0.3, 0.4) is 0 Å². The monoisotopic (exact) mass is 286 g/mol. The van der Waals surface area contributed by atoms with Gasteiger partial charge in [0.15, 0.2) is 0 Å². The number of nitrogens with zero attached hydrogens (tertiary/aromatic N) is 3. The molecule has 1 aromatic carbocycles. The van der Waals surface area contributed by atoms with Crippen molar-refractivity contribution >= 4 is 11.6 Å². The van der Waals surface area contributed by atoms with E-state index in [2.05, 4.69) is 27.5 Å². The molecule has 1 saturated heterocycles. The number of carbonyl (C=O) groups is 1. The Hall–Kier alpha value is -2.39. The van der Waals surface area contributed by atoms with Gasteiger partial charge in [0.05, 0.1) is 0 Å². The predicted octanol–water partition coefficient (Wildman–Crippen LogP) is 1.12. The summed E-state index contributed by atoms with van der Waals surface area (Å²) in [7, 11) is 0. The molecule has 1 fully saturated rings. The Kier molecular flexibility index (Phi) is 5.29. The highest BCUT2D eigenvalue weighted by atomic mass is 16.4. The number of rotatable bonds is 4. The molecule has 0 radical (unpaired) electrons. The van der Waals surface area contributed by atoms with Gasteiger partial charge >= 0.3 is 0 Å². The molecule has 6 nitrogen and oxygen atoms in total. The number of likely N-dealkylation sites (tertiary alicyclic amines) is 1. The Balaban J connectivity index is 1.79. The van der Waals surface area contributed by atoms with Gasteiger partial charge in [-0.1, -0.05) is 35.5 Å². The van der Waals surface area contributed by atoms with Gasteiger partial charge in [-0.25, -0.2) is 0 Å². The number of amides is 1. The van der Waals surface area contributed by atoms with E-state index in [0.29, 0.717) is 0 Å². The van der Waals surface area contributed by atoms with Crippen molar-refractivity contribution < 1.29 is 10.0 Å². The molecular weight excluding hydrogens is 268 g/mol. The standard InChI is InChI=1S/C15H18N4O2/c16-10-14(18-21)15(20)17-13-6-8-19(9-7-13)11-12-4-2-1-3-5-12/h1-5,13,21H,6-9,11H2,(H,17,20)/b18-14-. The summed E-state index contributed by atoms with van der Waals surface area (Å²) >= 11 is 0. The second-order valence-electron chi connectivity index (χ2n) is 5.07. The number of piperidine rings is 1. The Morgan fingerprint density at radius 2 is 2.05 bits per heavy atom. The maximum Gasteiger partial charge on any atom is 0.284 e. The van der Waals surface area contributed by atoms with E-state index in [1.165, 1.54) is 5.56 Å². The van der Waals surface area contributed by atoms with Gasteiger partial charge in [-0.05, 0) is 18.4 Å². The zero-order valence-electron chi connectivity index (χ0n) is 11.7. The lowest BCUT2D eigenvalue weighted by atomic mass is 10.0. The lowest BCUT2D eigenvalue weighted by Crippen LogP contribution is -2.46. The third-order valence-electron chi connectivity index (χ3n) is 3.59. The van der Waals surface area contributed by atoms with E-state index in [1.807, 2.05) is 18.2 Å². The summed E-state index contributed by atoms with van der Waals surface area (Å²) in [5, 5.41) is 22.6. The second-order valence-corrected chi connectivity index (χ2v) is 5.07. The summed E-state index contributed by atoms with van der Waals surface area (Å²) in [6, 6.07) is 11.8. The average molecular weight is 286 g/mol. The summed E-state index contributed by atoms with van der Waals surface area (Å²) in [6.45, 7) is 2.68. The molecule has 0 unspecified atom stereocenters.